The van der Waals surface area contributed by atoms with Gasteiger partial charge in [-0.25, -0.2) is 0 Å². The molecule has 0 bridgehead atoms. The van der Waals surface area contributed by atoms with Crippen LogP contribution < -0.4 is 0 Å². The van der Waals surface area contributed by atoms with Crippen molar-refractivity contribution in [2.24, 2.45) is 5.41 Å². The molecule has 6 heteroatoms. The summed E-state index contributed by atoms with van der Waals surface area (Å²) in [5.74, 6) is -1.14. The van der Waals surface area contributed by atoms with Crippen LogP contribution in [0.15, 0.2) is 0 Å². The largest absolute Gasteiger partial charge is 0.481 e. The monoisotopic (exact) mass is 374 g/mol. The molecule has 1 unspecified atom stereocenters. The maximum atomic E-state index is 12.7. The number of carboxylic acids is 1. The highest BCUT2D eigenvalue weighted by Gasteiger charge is 2.38. The van der Waals surface area contributed by atoms with Crippen LogP contribution in [0.25, 0.3) is 0 Å². The minimum absolute atomic E-state index is 0.144. The molecule has 0 aromatic heterocycles. The van der Waals surface area contributed by atoms with Gasteiger partial charge in [-0.05, 0) is 67.2 Å². The Morgan fingerprint density at radius 3 is 1.96 bits per heavy atom. The number of esters is 1. The third kappa shape index (κ3) is 11.5. The lowest BCUT2D eigenvalue weighted by molar-refractivity contribution is -0.173. The van der Waals surface area contributed by atoms with Crippen molar-refractivity contribution in [2.45, 2.75) is 91.8 Å². The second-order valence-corrected chi connectivity index (χ2v) is 8.70. The molecule has 0 amide bonds. The van der Waals surface area contributed by atoms with E-state index in [1.165, 1.54) is 0 Å². The number of ether oxygens (including phenoxy) is 3. The van der Waals surface area contributed by atoms with Crippen LogP contribution in [-0.2, 0) is 23.8 Å². The zero-order valence-corrected chi connectivity index (χ0v) is 17.6. The maximum absolute atomic E-state index is 12.7. The first kappa shape index (κ1) is 24.9. The van der Waals surface area contributed by atoms with Gasteiger partial charge in [0, 0.05) is 6.42 Å². The van der Waals surface area contributed by atoms with Gasteiger partial charge in [-0.2, -0.15) is 0 Å². The number of carbonyl (C=O) groups excluding carboxylic acids is 1. The van der Waals surface area contributed by atoms with Crippen LogP contribution in [0.3, 0.4) is 0 Å². The summed E-state index contributed by atoms with van der Waals surface area (Å²) in [6, 6.07) is 0. The number of unbranched alkanes of at least 4 members (excludes halogenated alkanes) is 2. The molecule has 0 fully saturated rings. The molecule has 0 aliphatic heterocycles. The van der Waals surface area contributed by atoms with Crippen molar-refractivity contribution >= 4 is 11.9 Å². The van der Waals surface area contributed by atoms with Gasteiger partial charge in [0.05, 0.1) is 31.0 Å². The second-order valence-electron chi connectivity index (χ2n) is 8.70. The van der Waals surface area contributed by atoms with Crippen LogP contribution in [0.5, 0.6) is 0 Å². The third-order valence-electron chi connectivity index (χ3n) is 4.22. The van der Waals surface area contributed by atoms with E-state index in [1.807, 2.05) is 41.5 Å². The molecule has 0 saturated heterocycles. The Labute approximate surface area is 158 Å². The van der Waals surface area contributed by atoms with E-state index in [2.05, 4.69) is 0 Å². The van der Waals surface area contributed by atoms with Gasteiger partial charge in [-0.3, -0.25) is 9.59 Å². The fraction of sp³-hybridized carbons (Fsp3) is 0.900. The zero-order valence-electron chi connectivity index (χ0n) is 17.6. The average molecular weight is 375 g/mol. The van der Waals surface area contributed by atoms with Crippen LogP contribution in [0.1, 0.15) is 80.6 Å². The molecule has 0 heterocycles. The van der Waals surface area contributed by atoms with Crippen molar-refractivity contribution in [1.29, 1.82) is 0 Å². The summed E-state index contributed by atoms with van der Waals surface area (Å²) in [6.45, 7) is 14.4. The average Bonchev–Trinajstić information content (AvgIpc) is 2.53. The van der Waals surface area contributed by atoms with Gasteiger partial charge < -0.3 is 19.3 Å². The number of rotatable bonds is 13. The smallest absolute Gasteiger partial charge is 0.316 e. The van der Waals surface area contributed by atoms with E-state index in [9.17, 15) is 9.59 Å². The number of carbonyl (C=O) groups is 2. The number of hydrogen-bond donors (Lipinski definition) is 1. The van der Waals surface area contributed by atoms with Crippen molar-refractivity contribution in [3.8, 4) is 0 Å². The molecule has 6 nitrogen and oxygen atoms in total. The van der Waals surface area contributed by atoms with Crippen molar-refractivity contribution in [3.63, 3.8) is 0 Å². The summed E-state index contributed by atoms with van der Waals surface area (Å²) in [5.41, 5.74) is -1.57. The van der Waals surface area contributed by atoms with E-state index in [0.717, 1.165) is 6.42 Å². The van der Waals surface area contributed by atoms with Crippen molar-refractivity contribution in [3.05, 3.63) is 0 Å². The molecule has 0 aromatic rings. The number of hydrogen-bond acceptors (Lipinski definition) is 5. The molecule has 0 saturated carbocycles. The van der Waals surface area contributed by atoms with E-state index >= 15 is 0 Å². The Hall–Kier alpha value is -1.14. The minimum atomic E-state index is -0.888. The minimum Gasteiger partial charge on any atom is -0.481 e. The molecule has 0 aromatic carbocycles. The first-order chi connectivity index (χ1) is 11.8. The summed E-state index contributed by atoms with van der Waals surface area (Å²) < 4.78 is 17.2. The summed E-state index contributed by atoms with van der Waals surface area (Å²) in [4.78, 5) is 23.1. The Morgan fingerprint density at radius 2 is 1.46 bits per heavy atom. The first-order valence-electron chi connectivity index (χ1n) is 9.48. The quantitative estimate of drug-likeness (QED) is 0.384. The van der Waals surface area contributed by atoms with E-state index in [1.54, 1.807) is 6.92 Å². The van der Waals surface area contributed by atoms with E-state index < -0.39 is 11.4 Å². The standard InChI is InChI=1S/C20H38O6/c1-8-19(5,6)26-15-20(7,14-25-18(2,3)4)17(23)24-13-11-9-10-12-16(21)22/h8-15H2,1-7H3,(H,21,22). The molecular formula is C20H38O6. The molecule has 0 aliphatic rings. The fourth-order valence-electron chi connectivity index (χ4n) is 1.89. The van der Waals surface area contributed by atoms with Crippen LogP contribution in [0, 0.1) is 5.41 Å². The highest BCUT2D eigenvalue weighted by molar-refractivity contribution is 5.76. The van der Waals surface area contributed by atoms with Crippen LogP contribution in [0.2, 0.25) is 0 Å². The fourth-order valence-corrected chi connectivity index (χ4v) is 1.89. The Kier molecular flexibility index (Phi) is 10.4. The summed E-state index contributed by atoms with van der Waals surface area (Å²) >= 11 is 0. The molecular weight excluding hydrogens is 336 g/mol. The van der Waals surface area contributed by atoms with Crippen molar-refractivity contribution in [1.82, 2.24) is 0 Å². The Bertz CT molecular complexity index is 438. The number of carboxylic acid groups (broad SMARTS) is 1. The molecule has 0 rings (SSSR count). The van der Waals surface area contributed by atoms with Gasteiger partial charge in [0.25, 0.3) is 0 Å². The predicted molar refractivity (Wildman–Crippen MR) is 101 cm³/mol. The van der Waals surface area contributed by atoms with Gasteiger partial charge in [-0.15, -0.1) is 0 Å². The van der Waals surface area contributed by atoms with Crippen molar-refractivity contribution in [2.75, 3.05) is 19.8 Å². The predicted octanol–water partition coefficient (Wildman–Crippen LogP) is 4.20. The molecule has 0 radical (unpaired) electrons. The summed E-state index contributed by atoms with van der Waals surface area (Å²) in [5, 5.41) is 8.62. The molecule has 0 spiro atoms. The van der Waals surface area contributed by atoms with Gasteiger partial charge in [0.1, 0.15) is 5.41 Å². The normalized spacial score (nSPS) is 14.7. The van der Waals surface area contributed by atoms with Gasteiger partial charge in [-0.1, -0.05) is 6.92 Å². The molecule has 1 N–H and O–H groups in total. The lowest BCUT2D eigenvalue weighted by Crippen LogP contribution is -2.43. The highest BCUT2D eigenvalue weighted by atomic mass is 16.6. The van der Waals surface area contributed by atoms with Gasteiger partial charge in [0.2, 0.25) is 0 Å². The van der Waals surface area contributed by atoms with E-state index in [0.29, 0.717) is 19.3 Å². The number of aliphatic carboxylic acids is 1. The van der Waals surface area contributed by atoms with Gasteiger partial charge in [0.15, 0.2) is 0 Å². The summed E-state index contributed by atoms with van der Waals surface area (Å²) in [6.07, 6.45) is 2.93. The molecule has 1 atom stereocenters. The topological polar surface area (TPSA) is 82.1 Å². The second kappa shape index (κ2) is 10.9. The van der Waals surface area contributed by atoms with Gasteiger partial charge >= 0.3 is 11.9 Å². The van der Waals surface area contributed by atoms with Crippen molar-refractivity contribution < 1.29 is 28.9 Å². The first-order valence-corrected chi connectivity index (χ1v) is 9.48. The van der Waals surface area contributed by atoms with Crippen LogP contribution in [0.4, 0.5) is 0 Å². The maximum Gasteiger partial charge on any atom is 0.316 e. The lowest BCUT2D eigenvalue weighted by atomic mass is 9.92. The zero-order chi connectivity index (χ0) is 20.4. The Morgan fingerprint density at radius 1 is 0.885 bits per heavy atom. The Balaban J connectivity index is 4.65. The molecule has 0 aliphatic carbocycles. The molecule has 154 valence electrons. The third-order valence-corrected chi connectivity index (χ3v) is 4.22. The molecule has 26 heavy (non-hydrogen) atoms. The lowest BCUT2D eigenvalue weighted by Gasteiger charge is -2.34. The summed E-state index contributed by atoms with van der Waals surface area (Å²) in [7, 11) is 0. The SMILES string of the molecule is CCC(C)(C)OCC(C)(COC(C)(C)C)C(=O)OCCCCCC(=O)O. The highest BCUT2D eigenvalue weighted by Crippen LogP contribution is 2.26. The van der Waals surface area contributed by atoms with Crippen LogP contribution >= 0.6 is 0 Å². The van der Waals surface area contributed by atoms with E-state index in [4.69, 9.17) is 19.3 Å². The van der Waals surface area contributed by atoms with Crippen LogP contribution in [-0.4, -0.2) is 48.1 Å². The van der Waals surface area contributed by atoms with E-state index in [-0.39, 0.29) is 43.4 Å².